The fourth-order valence-electron chi connectivity index (χ4n) is 0.809. The van der Waals surface area contributed by atoms with Crippen molar-refractivity contribution in [3.05, 3.63) is 28.8 Å². The van der Waals surface area contributed by atoms with Gasteiger partial charge in [-0.15, -0.1) is 0 Å². The van der Waals surface area contributed by atoms with Crippen molar-refractivity contribution in [3.63, 3.8) is 0 Å². The lowest BCUT2D eigenvalue weighted by Gasteiger charge is -2.05. The average molecular weight is 207 g/mol. The predicted molar refractivity (Wildman–Crippen MR) is 48.6 cm³/mol. The van der Waals surface area contributed by atoms with E-state index in [2.05, 4.69) is 4.29 Å². The Bertz CT molecular complexity index is 263. The van der Waals surface area contributed by atoms with Crippen LogP contribution >= 0.6 is 23.5 Å². The second-order valence-electron chi connectivity index (χ2n) is 2.31. The van der Waals surface area contributed by atoms with Gasteiger partial charge in [-0.3, -0.25) is 0 Å². The van der Waals surface area contributed by atoms with Gasteiger partial charge in [0.2, 0.25) is 6.79 Å². The van der Waals surface area contributed by atoms with Gasteiger partial charge in [0.05, 0.1) is 16.9 Å². The molecular weight excluding hydrogens is 199 g/mol. The van der Waals surface area contributed by atoms with Crippen molar-refractivity contribution >= 4 is 23.5 Å². The lowest BCUT2D eigenvalue weighted by Crippen LogP contribution is -1.96. The van der Waals surface area contributed by atoms with Crippen LogP contribution in [0.2, 0.25) is 5.02 Å². The Balaban J connectivity index is 2.72. The van der Waals surface area contributed by atoms with Crippen LogP contribution < -0.4 is 4.74 Å². The molecule has 0 heterocycles. The highest BCUT2D eigenvalue weighted by Crippen LogP contribution is 2.24. The zero-order valence-electron chi connectivity index (χ0n) is 6.51. The number of hydrogen-bond donors (Lipinski definition) is 0. The zero-order valence-corrected chi connectivity index (χ0v) is 8.02. The Morgan fingerprint density at radius 2 is 2.17 bits per heavy atom. The van der Waals surface area contributed by atoms with Gasteiger partial charge in [0.25, 0.3) is 0 Å². The summed E-state index contributed by atoms with van der Waals surface area (Å²) in [6.45, 7) is 1.94. The molecule has 0 fully saturated rings. The van der Waals surface area contributed by atoms with Crippen LogP contribution in [0.1, 0.15) is 5.56 Å². The average Bonchev–Trinajstić information content (AvgIpc) is 2.03. The van der Waals surface area contributed by atoms with Gasteiger partial charge in [0, 0.05) is 0 Å². The number of aryl methyl sites for hydroxylation is 1. The summed E-state index contributed by atoms with van der Waals surface area (Å²) in [6.07, 6.45) is 0. The van der Waals surface area contributed by atoms with Crippen molar-refractivity contribution in [3.8, 4) is 5.75 Å². The van der Waals surface area contributed by atoms with Crippen LogP contribution in [-0.4, -0.2) is 6.79 Å². The third-order valence-electron chi connectivity index (χ3n) is 1.35. The minimum Gasteiger partial charge on any atom is -0.464 e. The summed E-state index contributed by atoms with van der Waals surface area (Å²) in [5.41, 5.74) is 1.08. The lowest BCUT2D eigenvalue weighted by atomic mass is 10.2. The van der Waals surface area contributed by atoms with Crippen LogP contribution in [0.4, 0.5) is 0 Å². The van der Waals surface area contributed by atoms with E-state index in [9.17, 15) is 0 Å². The van der Waals surface area contributed by atoms with Crippen molar-refractivity contribution in [2.75, 3.05) is 6.79 Å². The second-order valence-corrected chi connectivity index (χ2v) is 2.93. The van der Waals surface area contributed by atoms with Crippen molar-refractivity contribution in [1.82, 2.24) is 0 Å². The normalized spacial score (nSPS) is 9.92. The molecule has 0 aromatic heterocycles. The molecule has 0 radical (unpaired) electrons. The molecule has 1 aromatic carbocycles. The molecule has 1 rings (SSSR count). The molecule has 66 valence electrons. The quantitative estimate of drug-likeness (QED) is 0.708. The first-order valence-electron chi connectivity index (χ1n) is 3.36. The lowest BCUT2D eigenvalue weighted by molar-refractivity contribution is 0.131. The molecule has 12 heavy (non-hydrogen) atoms. The Hall–Kier alpha value is -0.440. The van der Waals surface area contributed by atoms with Gasteiger partial charge >= 0.3 is 0 Å². The second kappa shape index (κ2) is 4.55. The molecule has 1 aromatic rings. The van der Waals surface area contributed by atoms with Gasteiger partial charge in [0.15, 0.2) is 0 Å². The molecule has 0 unspecified atom stereocenters. The van der Waals surface area contributed by atoms with E-state index in [1.165, 1.54) is 0 Å². The molecule has 0 N–H and O–H groups in total. The summed E-state index contributed by atoms with van der Waals surface area (Å²) in [5, 5.41) is 0.559. The Kier molecular flexibility index (Phi) is 3.66. The SMILES string of the molecule is Cc1ccc(OCOCl)c(Cl)c1. The first-order valence-corrected chi connectivity index (χ1v) is 4.05. The van der Waals surface area contributed by atoms with Gasteiger partial charge in [-0.2, -0.15) is 0 Å². The van der Waals surface area contributed by atoms with E-state index in [4.69, 9.17) is 28.2 Å². The smallest absolute Gasteiger partial charge is 0.208 e. The summed E-state index contributed by atoms with van der Waals surface area (Å²) < 4.78 is 9.28. The maximum Gasteiger partial charge on any atom is 0.208 e. The Labute approximate surface area is 81.2 Å². The fourth-order valence-corrected chi connectivity index (χ4v) is 1.14. The van der Waals surface area contributed by atoms with Crippen LogP contribution in [0.15, 0.2) is 18.2 Å². The maximum absolute atomic E-state index is 5.84. The van der Waals surface area contributed by atoms with Crippen LogP contribution in [-0.2, 0) is 4.29 Å². The van der Waals surface area contributed by atoms with E-state index in [-0.39, 0.29) is 6.79 Å². The first kappa shape index (κ1) is 9.65. The highest BCUT2D eigenvalue weighted by atomic mass is 35.5. The number of rotatable bonds is 3. The molecule has 0 atom stereocenters. The minimum absolute atomic E-state index is 0.00959. The zero-order chi connectivity index (χ0) is 8.97. The number of hydrogen-bond acceptors (Lipinski definition) is 2. The van der Waals surface area contributed by atoms with Gasteiger partial charge in [-0.05, 0) is 24.6 Å². The third-order valence-corrected chi connectivity index (χ3v) is 1.73. The Morgan fingerprint density at radius 3 is 2.75 bits per heavy atom. The topological polar surface area (TPSA) is 18.5 Å². The first-order chi connectivity index (χ1) is 5.74. The molecule has 2 nitrogen and oxygen atoms in total. The van der Waals surface area contributed by atoms with Crippen LogP contribution in [0, 0.1) is 6.92 Å². The van der Waals surface area contributed by atoms with E-state index in [1.54, 1.807) is 6.07 Å². The molecule has 0 saturated carbocycles. The molecule has 0 spiro atoms. The molecule has 0 amide bonds. The monoisotopic (exact) mass is 206 g/mol. The molecule has 0 bridgehead atoms. The summed E-state index contributed by atoms with van der Waals surface area (Å²) >= 11 is 10.8. The number of benzene rings is 1. The van der Waals surface area contributed by atoms with Crippen LogP contribution in [0.3, 0.4) is 0 Å². The largest absolute Gasteiger partial charge is 0.464 e. The van der Waals surface area contributed by atoms with Gasteiger partial charge < -0.3 is 4.74 Å². The van der Waals surface area contributed by atoms with Crippen molar-refractivity contribution in [1.29, 1.82) is 0 Å². The summed E-state index contributed by atoms with van der Waals surface area (Å²) in [4.78, 5) is 0. The fraction of sp³-hybridized carbons (Fsp3) is 0.250. The van der Waals surface area contributed by atoms with E-state index < -0.39 is 0 Å². The van der Waals surface area contributed by atoms with Gasteiger partial charge in [-0.1, -0.05) is 17.7 Å². The molecule has 0 aliphatic heterocycles. The maximum atomic E-state index is 5.84. The van der Waals surface area contributed by atoms with E-state index >= 15 is 0 Å². The van der Waals surface area contributed by atoms with Crippen molar-refractivity contribution in [2.45, 2.75) is 6.92 Å². The summed E-state index contributed by atoms with van der Waals surface area (Å²) in [5.74, 6) is 0.572. The van der Waals surface area contributed by atoms with Crippen molar-refractivity contribution in [2.24, 2.45) is 0 Å². The molecule has 0 saturated heterocycles. The molecule has 0 aliphatic carbocycles. The standard InChI is InChI=1S/C8H8Cl2O2/c1-6-2-3-8(7(9)4-6)11-5-12-10/h2-4H,5H2,1H3. The van der Waals surface area contributed by atoms with Crippen molar-refractivity contribution < 1.29 is 9.03 Å². The van der Waals surface area contributed by atoms with E-state index in [0.717, 1.165) is 5.56 Å². The van der Waals surface area contributed by atoms with Gasteiger partial charge in [0.1, 0.15) is 5.75 Å². The third kappa shape index (κ3) is 2.55. The highest BCUT2D eigenvalue weighted by molar-refractivity contribution is 6.32. The van der Waals surface area contributed by atoms with Gasteiger partial charge in [-0.25, -0.2) is 4.29 Å². The molecule has 0 aliphatic rings. The summed E-state index contributed by atoms with van der Waals surface area (Å²) in [7, 11) is 0. The predicted octanol–water partition coefficient (Wildman–Crippen LogP) is 3.16. The number of halogens is 2. The van der Waals surface area contributed by atoms with Crippen LogP contribution in [0.25, 0.3) is 0 Å². The Morgan fingerprint density at radius 1 is 1.42 bits per heavy atom. The molecular formula is C8H8Cl2O2. The summed E-state index contributed by atoms with van der Waals surface area (Å²) in [6, 6.07) is 5.48. The minimum atomic E-state index is -0.00959. The van der Waals surface area contributed by atoms with E-state index in [0.29, 0.717) is 10.8 Å². The highest BCUT2D eigenvalue weighted by Gasteiger charge is 2.00. The number of ether oxygens (including phenoxy) is 1. The molecule has 4 heteroatoms. The van der Waals surface area contributed by atoms with E-state index in [1.807, 2.05) is 19.1 Å². The van der Waals surface area contributed by atoms with Crippen LogP contribution in [0.5, 0.6) is 5.75 Å².